The normalized spacial score (nSPS) is 11.1. The molecule has 6 nitrogen and oxygen atoms in total. The molecule has 1 N–H and O–H groups in total. The molecule has 0 radical (unpaired) electrons. The molecular weight excluding hydrogens is 422 g/mol. The van der Waals surface area contributed by atoms with Gasteiger partial charge in [-0.25, -0.2) is 4.98 Å². The van der Waals surface area contributed by atoms with Gasteiger partial charge in [-0.2, -0.15) is 0 Å². The molecule has 0 unspecified atom stereocenters. The van der Waals surface area contributed by atoms with Gasteiger partial charge in [0.2, 0.25) is 5.91 Å². The Hall–Kier alpha value is -3.55. The number of hydrogen-bond acceptors (Lipinski definition) is 5. The lowest BCUT2D eigenvalue weighted by Crippen LogP contribution is -2.07. The average Bonchev–Trinajstić information content (AvgIpc) is 3.18. The molecule has 1 heterocycles. The van der Waals surface area contributed by atoms with Gasteiger partial charge in [-0.3, -0.25) is 14.9 Å². The van der Waals surface area contributed by atoms with Crippen molar-refractivity contribution in [3.63, 3.8) is 0 Å². The Morgan fingerprint density at radius 1 is 1.10 bits per heavy atom. The number of rotatable bonds is 5. The number of aromatic nitrogens is 1. The van der Waals surface area contributed by atoms with Crippen LogP contribution >= 0.6 is 22.9 Å². The Labute approximate surface area is 180 Å². The molecule has 0 aliphatic carbocycles. The van der Waals surface area contributed by atoms with Crippen molar-refractivity contribution in [3.8, 4) is 10.6 Å². The highest BCUT2D eigenvalue weighted by Gasteiger charge is 2.12. The fourth-order valence-corrected chi connectivity index (χ4v) is 3.98. The van der Waals surface area contributed by atoms with Crippen molar-refractivity contribution in [2.24, 2.45) is 0 Å². The molecule has 1 amide bonds. The predicted molar refractivity (Wildman–Crippen MR) is 121 cm³/mol. The van der Waals surface area contributed by atoms with Crippen LogP contribution in [0.2, 0.25) is 5.02 Å². The van der Waals surface area contributed by atoms with Gasteiger partial charge in [0, 0.05) is 23.4 Å². The quantitative estimate of drug-likeness (QED) is 0.230. The molecule has 0 atom stereocenters. The highest BCUT2D eigenvalue weighted by atomic mass is 35.5. The summed E-state index contributed by atoms with van der Waals surface area (Å²) in [6.07, 6.45) is 2.81. The van der Waals surface area contributed by atoms with Gasteiger partial charge in [0.25, 0.3) is 5.69 Å². The van der Waals surface area contributed by atoms with Crippen LogP contribution in [0.15, 0.2) is 72.8 Å². The van der Waals surface area contributed by atoms with E-state index in [1.165, 1.54) is 24.3 Å². The lowest BCUT2D eigenvalue weighted by Gasteiger charge is -2.03. The maximum absolute atomic E-state index is 12.2. The van der Waals surface area contributed by atoms with Crippen molar-refractivity contribution in [1.29, 1.82) is 0 Å². The number of benzene rings is 3. The number of nitro groups is 1. The van der Waals surface area contributed by atoms with E-state index in [-0.39, 0.29) is 16.6 Å². The zero-order valence-corrected chi connectivity index (χ0v) is 17.0. The smallest absolute Gasteiger partial charge is 0.288 e. The minimum atomic E-state index is -0.563. The second-order valence-electron chi connectivity index (χ2n) is 6.35. The molecule has 4 rings (SSSR count). The van der Waals surface area contributed by atoms with E-state index in [0.29, 0.717) is 11.3 Å². The molecule has 30 heavy (non-hydrogen) atoms. The summed E-state index contributed by atoms with van der Waals surface area (Å²) in [6, 6.07) is 19.7. The number of fused-ring (bicyclic) bond motifs is 1. The van der Waals surface area contributed by atoms with Gasteiger partial charge in [0.1, 0.15) is 10.0 Å². The lowest BCUT2D eigenvalue weighted by molar-refractivity contribution is -0.384. The Kier molecular flexibility index (Phi) is 5.56. The highest BCUT2D eigenvalue weighted by Crippen LogP contribution is 2.30. The van der Waals surface area contributed by atoms with E-state index in [9.17, 15) is 14.9 Å². The number of thiazole rings is 1. The molecule has 1 aromatic heterocycles. The first-order chi connectivity index (χ1) is 14.5. The van der Waals surface area contributed by atoms with Crippen LogP contribution in [-0.4, -0.2) is 15.8 Å². The third-order valence-electron chi connectivity index (χ3n) is 4.29. The van der Waals surface area contributed by atoms with Crippen LogP contribution in [0.4, 0.5) is 11.4 Å². The summed E-state index contributed by atoms with van der Waals surface area (Å²) in [7, 11) is 0. The van der Waals surface area contributed by atoms with Crippen molar-refractivity contribution >= 4 is 56.5 Å². The summed E-state index contributed by atoms with van der Waals surface area (Å²) in [5.74, 6) is -0.347. The Morgan fingerprint density at radius 3 is 2.60 bits per heavy atom. The van der Waals surface area contributed by atoms with Crippen LogP contribution in [0.25, 0.3) is 26.9 Å². The maximum Gasteiger partial charge on any atom is 0.288 e. The number of nitrogens with one attached hydrogen (secondary N) is 1. The van der Waals surface area contributed by atoms with Gasteiger partial charge >= 0.3 is 0 Å². The van der Waals surface area contributed by atoms with Crippen molar-refractivity contribution < 1.29 is 9.72 Å². The monoisotopic (exact) mass is 435 g/mol. The molecule has 0 saturated carbocycles. The van der Waals surface area contributed by atoms with E-state index >= 15 is 0 Å². The van der Waals surface area contributed by atoms with Gasteiger partial charge < -0.3 is 5.32 Å². The SMILES string of the molecule is O=C(C=Cc1ccc(Cl)c([N+](=O)[O-])c1)Nc1ccc(-c2nc3ccccc3s2)cc1. The lowest BCUT2D eigenvalue weighted by atomic mass is 10.2. The minimum absolute atomic E-state index is 0.0508. The first kappa shape index (κ1) is 19.8. The number of para-hydroxylation sites is 1. The number of anilines is 1. The summed E-state index contributed by atoms with van der Waals surface area (Å²) in [6.45, 7) is 0. The number of hydrogen-bond donors (Lipinski definition) is 1. The first-order valence-electron chi connectivity index (χ1n) is 8.88. The molecule has 0 aliphatic heterocycles. The summed E-state index contributed by atoms with van der Waals surface area (Å²) in [4.78, 5) is 27.2. The fourth-order valence-electron chi connectivity index (χ4n) is 2.82. The van der Waals surface area contributed by atoms with Crippen molar-refractivity contribution in [2.75, 3.05) is 5.32 Å². The molecule has 4 aromatic rings. The topological polar surface area (TPSA) is 85.1 Å². The molecule has 148 valence electrons. The summed E-state index contributed by atoms with van der Waals surface area (Å²) in [5.41, 5.74) is 2.87. The Morgan fingerprint density at radius 2 is 1.87 bits per heavy atom. The number of nitro benzene ring substituents is 1. The molecule has 0 fully saturated rings. The zero-order chi connectivity index (χ0) is 21.1. The number of amides is 1. The fraction of sp³-hybridized carbons (Fsp3) is 0. The third kappa shape index (κ3) is 4.37. The van der Waals surface area contributed by atoms with Gasteiger partial charge in [-0.05, 0) is 54.1 Å². The van der Waals surface area contributed by atoms with E-state index in [1.807, 2.05) is 36.4 Å². The number of carbonyl (C=O) groups excluding carboxylic acids is 1. The molecule has 0 bridgehead atoms. The van der Waals surface area contributed by atoms with Crippen molar-refractivity contribution in [1.82, 2.24) is 4.98 Å². The largest absolute Gasteiger partial charge is 0.323 e. The van der Waals surface area contributed by atoms with E-state index in [1.54, 1.807) is 29.5 Å². The summed E-state index contributed by atoms with van der Waals surface area (Å²) >= 11 is 7.41. The molecule has 8 heteroatoms. The van der Waals surface area contributed by atoms with Crippen LogP contribution < -0.4 is 5.32 Å². The predicted octanol–water partition coefficient (Wildman–Crippen LogP) is 6.18. The standard InChI is InChI=1S/C22H14ClN3O3S/c23-17-11-5-14(13-19(17)26(28)29)6-12-21(27)24-16-9-7-15(8-10-16)22-25-18-3-1-2-4-20(18)30-22/h1-13H,(H,24,27). The second-order valence-corrected chi connectivity index (χ2v) is 7.79. The Balaban J connectivity index is 1.44. The second kappa shape index (κ2) is 8.44. The van der Waals surface area contributed by atoms with Gasteiger partial charge in [0.05, 0.1) is 15.1 Å². The van der Waals surface area contributed by atoms with Crippen molar-refractivity contribution in [3.05, 3.63) is 93.5 Å². The van der Waals surface area contributed by atoms with Gasteiger partial charge in [0.15, 0.2) is 0 Å². The number of nitrogens with zero attached hydrogens (tertiary/aromatic N) is 2. The van der Waals surface area contributed by atoms with Crippen LogP contribution in [0, 0.1) is 10.1 Å². The van der Waals surface area contributed by atoms with Crippen LogP contribution in [0.1, 0.15) is 5.56 Å². The number of carbonyl (C=O) groups is 1. The Bertz CT molecular complexity index is 1250. The third-order valence-corrected chi connectivity index (χ3v) is 5.69. The van der Waals surface area contributed by atoms with Gasteiger partial charge in [-0.1, -0.05) is 29.8 Å². The van der Waals surface area contributed by atoms with Crippen LogP contribution in [0.5, 0.6) is 0 Å². The van der Waals surface area contributed by atoms with Crippen LogP contribution in [0.3, 0.4) is 0 Å². The molecule has 3 aromatic carbocycles. The van der Waals surface area contributed by atoms with E-state index in [0.717, 1.165) is 20.8 Å². The van der Waals surface area contributed by atoms with E-state index in [2.05, 4.69) is 10.3 Å². The summed E-state index contributed by atoms with van der Waals surface area (Å²) in [5, 5.41) is 14.7. The van der Waals surface area contributed by atoms with Crippen molar-refractivity contribution in [2.45, 2.75) is 0 Å². The van der Waals surface area contributed by atoms with Crippen LogP contribution in [-0.2, 0) is 4.79 Å². The minimum Gasteiger partial charge on any atom is -0.323 e. The van der Waals surface area contributed by atoms with E-state index < -0.39 is 4.92 Å². The molecule has 0 aliphatic rings. The molecular formula is C22H14ClN3O3S. The highest BCUT2D eigenvalue weighted by molar-refractivity contribution is 7.21. The number of halogens is 1. The average molecular weight is 436 g/mol. The first-order valence-corrected chi connectivity index (χ1v) is 10.1. The van der Waals surface area contributed by atoms with Gasteiger partial charge in [-0.15, -0.1) is 11.3 Å². The molecule has 0 spiro atoms. The molecule has 0 saturated heterocycles. The maximum atomic E-state index is 12.2. The van der Waals surface area contributed by atoms with E-state index in [4.69, 9.17) is 11.6 Å². The summed E-state index contributed by atoms with van der Waals surface area (Å²) < 4.78 is 1.12. The zero-order valence-electron chi connectivity index (χ0n) is 15.4.